The van der Waals surface area contributed by atoms with Crippen LogP contribution in [0.4, 0.5) is 4.39 Å². The van der Waals surface area contributed by atoms with Gasteiger partial charge in [0.25, 0.3) is 0 Å². The van der Waals surface area contributed by atoms with E-state index >= 15 is 0 Å². The first-order chi connectivity index (χ1) is 12.5. The van der Waals surface area contributed by atoms with Gasteiger partial charge in [0.15, 0.2) is 0 Å². The molecule has 2 aromatic rings. The Morgan fingerprint density at radius 1 is 1.19 bits per heavy atom. The van der Waals surface area contributed by atoms with Gasteiger partial charge in [-0.25, -0.2) is 9.28 Å². The first-order valence-electron chi connectivity index (χ1n) is 7.91. The van der Waals surface area contributed by atoms with Crippen LogP contribution in [0.1, 0.15) is 30.0 Å². The van der Waals surface area contributed by atoms with Crippen LogP contribution in [0.5, 0.6) is 0 Å². The van der Waals surface area contributed by atoms with E-state index in [2.05, 4.69) is 4.89 Å². The van der Waals surface area contributed by atoms with Gasteiger partial charge in [0.05, 0.1) is 25.6 Å². The van der Waals surface area contributed by atoms with Crippen molar-refractivity contribution in [2.24, 2.45) is 0 Å². The summed E-state index contributed by atoms with van der Waals surface area (Å²) in [7, 11) is 1.44. The van der Waals surface area contributed by atoms with E-state index in [1.807, 2.05) is 37.3 Å². The molecule has 0 bridgehead atoms. The smallest absolute Gasteiger partial charge is 0.307 e. The van der Waals surface area contributed by atoms with Crippen molar-refractivity contribution >= 4 is 35.2 Å². The molecule has 0 unspecified atom stereocenters. The van der Waals surface area contributed by atoms with E-state index in [1.54, 1.807) is 6.07 Å². The highest BCUT2D eigenvalue weighted by Gasteiger charge is 2.25. The number of fused-ring (bicyclic) bond motifs is 1. The summed E-state index contributed by atoms with van der Waals surface area (Å²) < 4.78 is 18.5. The molecule has 0 spiro atoms. The van der Waals surface area contributed by atoms with Crippen LogP contribution in [0.2, 0.25) is 0 Å². The minimum Gasteiger partial charge on any atom is -0.481 e. The minimum absolute atomic E-state index is 0.135. The van der Waals surface area contributed by atoms with Crippen LogP contribution in [-0.2, 0) is 14.0 Å². The number of carboxylic acids is 1. The van der Waals surface area contributed by atoms with Crippen LogP contribution in [0.3, 0.4) is 0 Å². The maximum atomic E-state index is 13.7. The molecule has 2 aromatic carbocycles. The molecule has 0 aliphatic heterocycles. The number of halogens is 1. The van der Waals surface area contributed by atoms with Crippen molar-refractivity contribution in [1.82, 2.24) is 0 Å². The summed E-state index contributed by atoms with van der Waals surface area (Å²) in [6.45, 7) is 1.87. The molecular formula is C20H17FO4S. The average molecular weight is 372 g/mol. The SMILES string of the molecule is COOSc1ccc(C=C2C(C)=C(CC(=O)O)c3cc(F)ccc32)cc1. The Balaban J connectivity index is 1.99. The van der Waals surface area contributed by atoms with E-state index in [-0.39, 0.29) is 12.2 Å². The lowest BCUT2D eigenvalue weighted by Crippen LogP contribution is -1.97. The first kappa shape index (κ1) is 18.4. The molecule has 26 heavy (non-hydrogen) atoms. The molecule has 0 radical (unpaired) electrons. The number of carboxylic acid groups (broad SMARTS) is 1. The molecule has 3 rings (SSSR count). The van der Waals surface area contributed by atoms with E-state index in [4.69, 9.17) is 4.33 Å². The van der Waals surface area contributed by atoms with Crippen molar-refractivity contribution in [3.8, 4) is 0 Å². The van der Waals surface area contributed by atoms with E-state index in [0.717, 1.165) is 39.2 Å². The van der Waals surface area contributed by atoms with Gasteiger partial charge in [-0.2, -0.15) is 4.33 Å². The van der Waals surface area contributed by atoms with Crippen molar-refractivity contribution in [3.05, 3.63) is 70.5 Å². The van der Waals surface area contributed by atoms with Crippen LogP contribution in [-0.4, -0.2) is 18.2 Å². The monoisotopic (exact) mass is 372 g/mol. The van der Waals surface area contributed by atoms with Crippen molar-refractivity contribution in [1.29, 1.82) is 0 Å². The summed E-state index contributed by atoms with van der Waals surface area (Å²) in [6, 6.07) is 12.2. The largest absolute Gasteiger partial charge is 0.481 e. The average Bonchev–Trinajstić information content (AvgIpc) is 2.86. The van der Waals surface area contributed by atoms with Crippen LogP contribution in [0.25, 0.3) is 17.2 Å². The van der Waals surface area contributed by atoms with Gasteiger partial charge in [0.2, 0.25) is 0 Å². The number of aliphatic carboxylic acids is 1. The predicted octanol–water partition coefficient (Wildman–Crippen LogP) is 5.21. The molecule has 0 saturated heterocycles. The molecule has 0 saturated carbocycles. The van der Waals surface area contributed by atoms with Gasteiger partial charge in [0, 0.05) is 4.90 Å². The zero-order valence-electron chi connectivity index (χ0n) is 14.3. The van der Waals surface area contributed by atoms with Crippen LogP contribution in [0, 0.1) is 5.82 Å². The Hall–Kier alpha value is -2.41. The van der Waals surface area contributed by atoms with E-state index < -0.39 is 5.97 Å². The van der Waals surface area contributed by atoms with E-state index in [1.165, 1.54) is 19.2 Å². The lowest BCUT2D eigenvalue weighted by molar-refractivity contribution is -0.160. The van der Waals surface area contributed by atoms with Crippen LogP contribution < -0.4 is 0 Å². The molecule has 0 amide bonds. The quantitative estimate of drug-likeness (QED) is 0.428. The van der Waals surface area contributed by atoms with E-state index in [0.29, 0.717) is 11.1 Å². The predicted molar refractivity (Wildman–Crippen MR) is 99.5 cm³/mol. The van der Waals surface area contributed by atoms with Gasteiger partial charge in [-0.05, 0) is 70.7 Å². The number of allylic oxidation sites excluding steroid dienone is 2. The lowest BCUT2D eigenvalue weighted by atomic mass is 10.0. The highest BCUT2D eigenvalue weighted by atomic mass is 32.2. The maximum absolute atomic E-state index is 13.7. The fraction of sp³-hybridized carbons (Fsp3) is 0.150. The Morgan fingerprint density at radius 2 is 1.92 bits per heavy atom. The molecule has 0 aromatic heterocycles. The Bertz CT molecular complexity index is 901. The normalized spacial score (nSPS) is 14.8. The molecule has 6 heteroatoms. The summed E-state index contributed by atoms with van der Waals surface area (Å²) in [5.41, 5.74) is 4.86. The highest BCUT2D eigenvalue weighted by molar-refractivity contribution is 7.94. The second kappa shape index (κ2) is 7.86. The van der Waals surface area contributed by atoms with Gasteiger partial charge >= 0.3 is 5.97 Å². The zero-order valence-corrected chi connectivity index (χ0v) is 15.1. The number of carbonyl (C=O) groups is 1. The number of hydrogen-bond acceptors (Lipinski definition) is 4. The fourth-order valence-corrected chi connectivity index (χ4v) is 3.39. The van der Waals surface area contributed by atoms with Gasteiger partial charge < -0.3 is 5.11 Å². The molecular weight excluding hydrogens is 355 g/mol. The molecule has 1 aliphatic carbocycles. The fourth-order valence-electron chi connectivity index (χ4n) is 2.99. The minimum atomic E-state index is -0.935. The molecule has 1 aliphatic rings. The van der Waals surface area contributed by atoms with Gasteiger partial charge in [-0.3, -0.25) is 4.79 Å². The van der Waals surface area contributed by atoms with Crippen molar-refractivity contribution in [2.45, 2.75) is 18.2 Å². The molecule has 134 valence electrons. The summed E-state index contributed by atoms with van der Waals surface area (Å²) in [5.74, 6) is -1.31. The first-order valence-corrected chi connectivity index (χ1v) is 8.65. The second-order valence-electron chi connectivity index (χ2n) is 5.81. The molecule has 0 fully saturated rings. The molecule has 4 nitrogen and oxygen atoms in total. The van der Waals surface area contributed by atoms with E-state index in [9.17, 15) is 14.3 Å². The van der Waals surface area contributed by atoms with Gasteiger partial charge in [-0.15, -0.1) is 0 Å². The third kappa shape index (κ3) is 3.88. The van der Waals surface area contributed by atoms with Gasteiger partial charge in [0.1, 0.15) is 5.82 Å². The standard InChI is InChI=1S/C20H17FO4S/c1-12-17(9-13-3-6-15(7-4-13)26-25-24-2)16-8-5-14(21)10-19(16)18(12)11-20(22)23/h3-10H,11H2,1-2H3,(H,22,23). The highest BCUT2D eigenvalue weighted by Crippen LogP contribution is 2.43. The number of rotatable bonds is 6. The molecule has 0 heterocycles. The maximum Gasteiger partial charge on any atom is 0.307 e. The molecule has 1 N–H and O–H groups in total. The summed E-state index contributed by atoms with van der Waals surface area (Å²) in [4.78, 5) is 16.7. The topological polar surface area (TPSA) is 55.8 Å². The van der Waals surface area contributed by atoms with Crippen LogP contribution in [0.15, 0.2) is 52.9 Å². The number of benzene rings is 2. The second-order valence-corrected chi connectivity index (χ2v) is 6.58. The van der Waals surface area contributed by atoms with Gasteiger partial charge in [-0.1, -0.05) is 18.2 Å². The van der Waals surface area contributed by atoms with Crippen molar-refractivity contribution in [3.63, 3.8) is 0 Å². The Morgan fingerprint density at radius 3 is 2.58 bits per heavy atom. The van der Waals surface area contributed by atoms with Crippen molar-refractivity contribution in [2.75, 3.05) is 7.11 Å². The third-order valence-corrected chi connectivity index (χ3v) is 4.84. The summed E-state index contributed by atoms with van der Waals surface area (Å²) >= 11 is 1.11. The Kier molecular flexibility index (Phi) is 5.56. The third-order valence-electron chi connectivity index (χ3n) is 4.17. The number of hydrogen-bond donors (Lipinski definition) is 1. The van der Waals surface area contributed by atoms with Crippen LogP contribution >= 0.6 is 12.0 Å². The summed E-state index contributed by atoms with van der Waals surface area (Å²) in [5, 5.41) is 9.19. The molecule has 0 atom stereocenters. The van der Waals surface area contributed by atoms with Crippen molar-refractivity contribution < 1.29 is 23.5 Å². The Labute approximate surface area is 155 Å². The zero-order chi connectivity index (χ0) is 18.7. The summed E-state index contributed by atoms with van der Waals surface area (Å²) in [6.07, 6.45) is 1.84. The lowest BCUT2D eigenvalue weighted by Gasteiger charge is -2.05.